The van der Waals surface area contributed by atoms with Crippen molar-refractivity contribution in [2.24, 2.45) is 0 Å². The Hall–Kier alpha value is -6.90. The summed E-state index contributed by atoms with van der Waals surface area (Å²) in [6.45, 7) is 0. The van der Waals surface area contributed by atoms with Gasteiger partial charge in [-0.15, -0.1) is 0 Å². The maximum Gasteiger partial charge on any atom is 0.0547 e. The molecule has 54 heavy (non-hydrogen) atoms. The van der Waals surface area contributed by atoms with Crippen molar-refractivity contribution in [3.63, 3.8) is 0 Å². The third-order valence-electron chi connectivity index (χ3n) is 10.9. The normalized spacial score (nSPS) is 14.1. The first-order valence-electron chi connectivity index (χ1n) is 18.8. The molecule has 1 atom stereocenters. The Bertz CT molecular complexity index is 2840. The Kier molecular flexibility index (Phi) is 8.00. The van der Waals surface area contributed by atoms with Crippen molar-refractivity contribution in [1.82, 2.24) is 4.57 Å². The summed E-state index contributed by atoms with van der Waals surface area (Å²) in [5, 5.41) is 4.99. The lowest BCUT2D eigenvalue weighted by molar-refractivity contribution is 0.840. The largest absolute Gasteiger partial charge is 0.310 e. The first-order chi connectivity index (χ1) is 26.8. The minimum absolute atomic E-state index is 0.193. The van der Waals surface area contributed by atoms with E-state index in [1.165, 1.54) is 77.5 Å². The average Bonchev–Trinajstić information content (AvgIpc) is 3.58. The van der Waals surface area contributed by atoms with E-state index in [1.54, 1.807) is 0 Å². The summed E-state index contributed by atoms with van der Waals surface area (Å²) in [7, 11) is 0. The topological polar surface area (TPSA) is 8.17 Å². The van der Waals surface area contributed by atoms with Crippen LogP contribution in [0.15, 0.2) is 218 Å². The Morgan fingerprint density at radius 1 is 0.481 bits per heavy atom. The van der Waals surface area contributed by atoms with Gasteiger partial charge in [0.25, 0.3) is 0 Å². The van der Waals surface area contributed by atoms with Gasteiger partial charge in [-0.2, -0.15) is 0 Å². The van der Waals surface area contributed by atoms with E-state index >= 15 is 0 Å². The maximum atomic E-state index is 2.48. The monoisotopic (exact) mass is 690 g/mol. The number of benzene rings is 8. The van der Waals surface area contributed by atoms with E-state index in [0.29, 0.717) is 0 Å². The molecule has 1 unspecified atom stereocenters. The summed E-state index contributed by atoms with van der Waals surface area (Å²) in [6, 6.07) is 70.4. The highest BCUT2D eigenvalue weighted by Crippen LogP contribution is 2.42. The van der Waals surface area contributed by atoms with Gasteiger partial charge < -0.3 is 9.47 Å². The minimum Gasteiger partial charge on any atom is -0.310 e. The van der Waals surface area contributed by atoms with Crippen LogP contribution in [0.3, 0.4) is 0 Å². The number of fused-ring (bicyclic) bond motifs is 4. The molecule has 0 amide bonds. The molecule has 0 saturated carbocycles. The number of anilines is 2. The molecule has 10 rings (SSSR count). The number of hydrogen-bond donors (Lipinski definition) is 0. The number of hydrogen-bond acceptors (Lipinski definition) is 1. The highest BCUT2D eigenvalue weighted by Gasteiger charge is 2.23. The van der Waals surface area contributed by atoms with Crippen LogP contribution < -0.4 is 4.90 Å². The van der Waals surface area contributed by atoms with E-state index in [-0.39, 0.29) is 5.92 Å². The summed E-state index contributed by atoms with van der Waals surface area (Å²) in [5.41, 5.74) is 13.3. The number of allylic oxidation sites excluding steroid dienone is 3. The van der Waals surface area contributed by atoms with Crippen LogP contribution in [0.1, 0.15) is 17.9 Å². The fraction of sp³-hybridized carbons (Fsp3) is 0.0385. The molecule has 0 radical (unpaired) electrons. The van der Waals surface area contributed by atoms with E-state index in [2.05, 4.69) is 222 Å². The van der Waals surface area contributed by atoms with Crippen LogP contribution >= 0.6 is 0 Å². The Morgan fingerprint density at radius 2 is 1.13 bits per heavy atom. The second-order valence-electron chi connectivity index (χ2n) is 14.1. The maximum absolute atomic E-state index is 2.48. The third kappa shape index (κ3) is 5.60. The Morgan fingerprint density at radius 3 is 1.98 bits per heavy atom. The molecule has 8 aromatic carbocycles. The zero-order chi connectivity index (χ0) is 35.8. The fourth-order valence-corrected chi connectivity index (χ4v) is 8.37. The van der Waals surface area contributed by atoms with E-state index in [4.69, 9.17) is 0 Å². The Labute approximate surface area is 316 Å². The zero-order valence-corrected chi connectivity index (χ0v) is 29.9. The molecule has 1 heterocycles. The molecule has 1 aliphatic carbocycles. The van der Waals surface area contributed by atoms with Crippen molar-refractivity contribution in [2.75, 3.05) is 4.90 Å². The predicted molar refractivity (Wildman–Crippen MR) is 229 cm³/mol. The number of rotatable bonds is 7. The van der Waals surface area contributed by atoms with Crippen LogP contribution in [-0.2, 0) is 0 Å². The highest BCUT2D eigenvalue weighted by molar-refractivity contribution is 6.10. The second kappa shape index (κ2) is 13.6. The number of nitrogens with zero attached hydrogens (tertiary/aromatic N) is 2. The van der Waals surface area contributed by atoms with Crippen LogP contribution in [-0.4, -0.2) is 4.57 Å². The van der Waals surface area contributed by atoms with E-state index < -0.39 is 0 Å². The summed E-state index contributed by atoms with van der Waals surface area (Å²) >= 11 is 0. The average molecular weight is 691 g/mol. The van der Waals surface area contributed by atoms with Gasteiger partial charge in [0.15, 0.2) is 0 Å². The van der Waals surface area contributed by atoms with E-state index in [9.17, 15) is 0 Å². The van der Waals surface area contributed by atoms with Crippen LogP contribution in [0.25, 0.3) is 60.5 Å². The van der Waals surface area contributed by atoms with Gasteiger partial charge >= 0.3 is 0 Å². The molecule has 2 heteroatoms. The number of aromatic nitrogens is 1. The van der Waals surface area contributed by atoms with E-state index in [0.717, 1.165) is 12.1 Å². The van der Waals surface area contributed by atoms with E-state index in [1.807, 2.05) is 0 Å². The van der Waals surface area contributed by atoms with Crippen LogP contribution in [0.4, 0.5) is 11.4 Å². The standard InChI is InChI=1S/C52H38N2/c1-3-15-37(16-4-1)38-29-32-43(33-30-38)53(50-28-14-18-39-17-7-8-25-47(39)50)44-22-13-19-40(35-44)45-23-9-10-24-46(45)41-31-34-49-48-26-11-12-27-51(48)54(52(49)36-41)42-20-5-2-6-21-42/h1-18,20-36,40H,19H2. The summed E-state index contributed by atoms with van der Waals surface area (Å²) in [4.78, 5) is 2.44. The van der Waals surface area contributed by atoms with Gasteiger partial charge in [0.1, 0.15) is 0 Å². The van der Waals surface area contributed by atoms with Crippen molar-refractivity contribution < 1.29 is 0 Å². The smallest absolute Gasteiger partial charge is 0.0547 e. The number of para-hydroxylation sites is 2. The SMILES string of the molecule is C1=CC(N(c2ccc(-c3ccccc3)cc2)c2cccc3ccccc23)=CC(c2ccccc2-c2ccc3c4ccccc4n(-c4ccccc4)c3c2)C1. The van der Waals surface area contributed by atoms with Crippen molar-refractivity contribution in [3.05, 3.63) is 224 Å². The lowest BCUT2D eigenvalue weighted by Gasteiger charge is -2.31. The quantitative estimate of drug-likeness (QED) is 0.162. The van der Waals surface area contributed by atoms with Crippen molar-refractivity contribution in [1.29, 1.82) is 0 Å². The predicted octanol–water partition coefficient (Wildman–Crippen LogP) is 14.0. The van der Waals surface area contributed by atoms with Gasteiger partial charge in [-0.25, -0.2) is 0 Å². The third-order valence-corrected chi connectivity index (χ3v) is 10.9. The molecule has 0 bridgehead atoms. The van der Waals surface area contributed by atoms with Crippen molar-refractivity contribution in [2.45, 2.75) is 12.3 Å². The second-order valence-corrected chi connectivity index (χ2v) is 14.1. The van der Waals surface area contributed by atoms with Gasteiger partial charge in [0, 0.05) is 39.1 Å². The molecule has 1 aliphatic rings. The van der Waals surface area contributed by atoms with Crippen molar-refractivity contribution in [3.8, 4) is 27.9 Å². The van der Waals surface area contributed by atoms with Gasteiger partial charge in [0.2, 0.25) is 0 Å². The van der Waals surface area contributed by atoms with Gasteiger partial charge in [-0.3, -0.25) is 0 Å². The molecule has 0 N–H and O–H groups in total. The highest BCUT2D eigenvalue weighted by atomic mass is 15.1. The minimum atomic E-state index is 0.193. The first-order valence-corrected chi connectivity index (χ1v) is 18.8. The molecule has 0 fully saturated rings. The molecule has 1 aromatic heterocycles. The molecule has 256 valence electrons. The molecule has 0 saturated heterocycles. The fourth-order valence-electron chi connectivity index (χ4n) is 8.37. The van der Waals surface area contributed by atoms with Crippen LogP contribution in [0.5, 0.6) is 0 Å². The lowest BCUT2D eigenvalue weighted by Crippen LogP contribution is -2.18. The molecular weight excluding hydrogens is 653 g/mol. The molecule has 0 aliphatic heterocycles. The Balaban J connectivity index is 1.10. The molecular formula is C52H38N2. The first kappa shape index (κ1) is 31.8. The molecule has 9 aromatic rings. The summed E-state index contributed by atoms with van der Waals surface area (Å²) in [6.07, 6.45) is 8.06. The summed E-state index contributed by atoms with van der Waals surface area (Å²) < 4.78 is 2.41. The zero-order valence-electron chi connectivity index (χ0n) is 29.9. The lowest BCUT2D eigenvalue weighted by atomic mass is 9.85. The van der Waals surface area contributed by atoms with Crippen LogP contribution in [0, 0.1) is 0 Å². The molecule has 2 nitrogen and oxygen atoms in total. The molecule has 0 spiro atoms. The van der Waals surface area contributed by atoms with Gasteiger partial charge in [-0.05, 0) is 88.2 Å². The van der Waals surface area contributed by atoms with Gasteiger partial charge in [-0.1, -0.05) is 164 Å². The van der Waals surface area contributed by atoms with Crippen molar-refractivity contribution >= 4 is 44.0 Å². The summed E-state index contributed by atoms with van der Waals surface area (Å²) in [5.74, 6) is 0.193. The van der Waals surface area contributed by atoms with Crippen LogP contribution in [0.2, 0.25) is 0 Å². The van der Waals surface area contributed by atoms with Gasteiger partial charge in [0.05, 0.1) is 16.7 Å².